The number of hydrogen-bond acceptors (Lipinski definition) is 16. The van der Waals surface area contributed by atoms with Gasteiger partial charge >= 0.3 is 13.9 Å². The van der Waals surface area contributed by atoms with E-state index in [1.807, 2.05) is 269 Å². The van der Waals surface area contributed by atoms with Crippen LogP contribution in [0, 0.1) is 17.4 Å². The second-order valence-electron chi connectivity index (χ2n) is 31.5. The Hall–Kier alpha value is -10.7. The normalized spacial score (nSPS) is 14.7. The molecular formula is C96H106B2F4I2N12O10. The summed E-state index contributed by atoms with van der Waals surface area (Å²) in [5.41, 5.74) is 16.1. The molecule has 0 saturated carbocycles. The summed E-state index contributed by atoms with van der Waals surface area (Å²) < 4.78 is 139. The van der Waals surface area contributed by atoms with Crippen LogP contribution in [0.3, 0.4) is 0 Å². The minimum atomic E-state index is -4.52. The quantitative estimate of drug-likeness (QED) is 0.0152. The molecule has 0 unspecified atom stereocenters. The SMILES string of the molecule is COCCOCCOCCOc1ccc(/C=C/C2=[N+]3C(=C(c4ccc(OCc5cn(CCCCCCn6cc(COc7ccc(C8=C9C(C)=CC(/C=C/c%10ccc(N(C)C)cc%10)=[N+]9[B-](F)(F)n9c(/C=C/c%10ccc(N(C)C)cc%10)cc(C)c98)cc7)nn6)nn5)cc4)c4c(C)c(I)c(/C=C/c5ccc(OCCOCCOCCOC)cc5)n4[B-]3(F)F)C(C)=C2I)cc1. The maximum Gasteiger partial charge on any atom is 0.737 e. The van der Waals surface area contributed by atoms with Crippen molar-refractivity contribution in [2.75, 3.05) is 131 Å². The highest BCUT2D eigenvalue weighted by Crippen LogP contribution is 2.50. The molecule has 0 N–H and O–H groups in total. The van der Waals surface area contributed by atoms with Gasteiger partial charge in [-0.15, -0.1) is 10.2 Å². The molecule has 0 radical (unpaired) electrons. The summed E-state index contributed by atoms with van der Waals surface area (Å²) in [6, 6.07) is 48.2. The van der Waals surface area contributed by atoms with Crippen molar-refractivity contribution < 1.29 is 73.6 Å². The first-order valence-electron chi connectivity index (χ1n) is 42.4. The molecule has 126 heavy (non-hydrogen) atoms. The molecule has 4 aromatic heterocycles. The first-order valence-corrected chi connectivity index (χ1v) is 44.5. The fourth-order valence-corrected chi connectivity index (χ4v) is 17.2. The van der Waals surface area contributed by atoms with E-state index in [0.717, 1.165) is 92.7 Å². The molecule has 30 heteroatoms. The lowest BCUT2D eigenvalue weighted by Crippen LogP contribution is -2.51. The van der Waals surface area contributed by atoms with Crippen molar-refractivity contribution in [2.45, 2.75) is 79.7 Å². The second-order valence-corrected chi connectivity index (χ2v) is 33.7. The van der Waals surface area contributed by atoms with E-state index < -0.39 is 13.9 Å². The second kappa shape index (κ2) is 42.7. The zero-order chi connectivity index (χ0) is 88.4. The molecular weight excluding hydrogens is 1830 g/mol. The van der Waals surface area contributed by atoms with Crippen molar-refractivity contribution in [2.24, 2.45) is 0 Å². The van der Waals surface area contributed by atoms with Crippen molar-refractivity contribution in [3.63, 3.8) is 0 Å². The van der Waals surface area contributed by atoms with Crippen LogP contribution in [-0.4, -0.2) is 195 Å². The van der Waals surface area contributed by atoms with Gasteiger partial charge in [-0.05, 0) is 233 Å². The predicted molar refractivity (Wildman–Crippen MR) is 509 cm³/mol. The average Bonchev–Trinajstić information content (AvgIpc) is 1.53. The third-order valence-corrected chi connectivity index (χ3v) is 24.9. The van der Waals surface area contributed by atoms with E-state index in [0.29, 0.717) is 191 Å². The molecule has 22 nitrogen and oxygen atoms in total. The number of rotatable bonds is 45. The van der Waals surface area contributed by atoms with Crippen molar-refractivity contribution in [3.8, 4) is 23.0 Å². The number of allylic oxidation sites excluding steroid dienone is 6. The smallest absolute Gasteiger partial charge is 0.491 e. The van der Waals surface area contributed by atoms with E-state index in [1.54, 1.807) is 38.5 Å². The number of benzene rings is 6. The molecule has 0 amide bonds. The van der Waals surface area contributed by atoms with Gasteiger partial charge < -0.3 is 92.4 Å². The van der Waals surface area contributed by atoms with Gasteiger partial charge in [0.25, 0.3) is 0 Å². The molecule has 4 aliphatic heterocycles. The lowest BCUT2D eigenvalue weighted by molar-refractivity contribution is -0.362. The maximum absolute atomic E-state index is 18.4. The Balaban J connectivity index is 0.595. The molecule has 6 aromatic carbocycles. The van der Waals surface area contributed by atoms with Gasteiger partial charge in [-0.2, -0.15) is 0 Å². The van der Waals surface area contributed by atoms with Gasteiger partial charge in [-0.25, -0.2) is 0 Å². The Bertz CT molecular complexity index is 5790. The van der Waals surface area contributed by atoms with Gasteiger partial charge in [0.05, 0.1) is 93.2 Å². The van der Waals surface area contributed by atoms with Crippen LogP contribution >= 0.6 is 45.2 Å². The molecule has 8 heterocycles. The van der Waals surface area contributed by atoms with E-state index in [4.69, 9.17) is 47.4 Å². The maximum atomic E-state index is 18.4. The minimum absolute atomic E-state index is 0.168. The fraction of sp³-hybridized carbons (Fsp3) is 0.312. The lowest BCUT2D eigenvalue weighted by atomic mass is 9.83. The van der Waals surface area contributed by atoms with Gasteiger partial charge in [-0.1, -0.05) is 108 Å². The first-order chi connectivity index (χ1) is 61.1. The van der Waals surface area contributed by atoms with Gasteiger partial charge in [0.2, 0.25) is 0 Å². The van der Waals surface area contributed by atoms with E-state index in [2.05, 4.69) is 65.8 Å². The van der Waals surface area contributed by atoms with Crippen LogP contribution in [0.15, 0.2) is 208 Å². The highest BCUT2D eigenvalue weighted by atomic mass is 127. The summed E-state index contributed by atoms with van der Waals surface area (Å²) in [6.45, 7) is 5.82. The number of nitrogens with zero attached hydrogens (tertiary/aromatic N) is 12. The topological polar surface area (TPSA) is 176 Å². The summed E-state index contributed by atoms with van der Waals surface area (Å²) in [5, 5.41) is 17.7. The van der Waals surface area contributed by atoms with Crippen molar-refractivity contribution in [1.82, 2.24) is 38.9 Å². The zero-order valence-corrected chi connectivity index (χ0v) is 77.1. The molecule has 0 aliphatic carbocycles. The van der Waals surface area contributed by atoms with E-state index in [9.17, 15) is 0 Å². The number of ether oxygens (including phenoxy) is 10. The number of fused-ring (bicyclic) bond motifs is 4. The molecule has 10 aromatic rings. The minimum Gasteiger partial charge on any atom is -0.491 e. The van der Waals surface area contributed by atoms with Crippen LogP contribution in [0.4, 0.5) is 28.6 Å². The van der Waals surface area contributed by atoms with Crippen molar-refractivity contribution in [1.29, 1.82) is 0 Å². The molecule has 0 fully saturated rings. The van der Waals surface area contributed by atoms with Gasteiger partial charge in [0.15, 0.2) is 22.8 Å². The molecule has 0 atom stereocenters. The molecule has 0 bridgehead atoms. The van der Waals surface area contributed by atoms with Crippen LogP contribution in [0.5, 0.6) is 23.0 Å². The van der Waals surface area contributed by atoms with Crippen molar-refractivity contribution >= 4 is 130 Å². The fourth-order valence-electron chi connectivity index (χ4n) is 15.8. The zero-order valence-electron chi connectivity index (χ0n) is 72.8. The number of unbranched alkanes of at least 4 members (excludes halogenated alkanes) is 3. The summed E-state index contributed by atoms with van der Waals surface area (Å²) >= 11 is 4.43. The molecule has 658 valence electrons. The number of halogens is 6. The first kappa shape index (κ1) is 91.5. The Morgan fingerprint density at radius 1 is 0.437 bits per heavy atom. The largest absolute Gasteiger partial charge is 0.737 e. The van der Waals surface area contributed by atoms with Gasteiger partial charge in [-0.3, -0.25) is 9.36 Å². The van der Waals surface area contributed by atoms with Crippen LogP contribution in [0.1, 0.15) is 118 Å². The van der Waals surface area contributed by atoms with E-state index >= 15 is 17.3 Å². The van der Waals surface area contributed by atoms with E-state index in [1.165, 1.54) is 17.9 Å². The average molecular weight is 1940 g/mol. The van der Waals surface area contributed by atoms with Crippen LogP contribution in [0.2, 0.25) is 0 Å². The number of anilines is 2. The van der Waals surface area contributed by atoms with Crippen LogP contribution in [-0.2, 0) is 54.7 Å². The molecule has 4 aliphatic rings. The third-order valence-electron chi connectivity index (χ3n) is 22.2. The lowest BCUT2D eigenvalue weighted by Gasteiger charge is -2.34. The standard InChI is InChI=1S/C96H106B2F4I2N12O10/c1-67-61-81(35-19-71-15-31-79(32-16-71)109(5)6)113-93(67)89(94-68(2)62-82(114(94)97(113,99)100)36-20-72-17-33-80(34-18-72)110(7)8)75-27-41-85(42-28-75)125-65-77-63-111(107-105-77)47-13-11-12-14-48-112-64-78(106-108-112)66-126-86-43-29-76(30-44-86)90-95-69(3)91(103)87(45-25-73-21-37-83(38-22-73)123-59-57-121-55-53-119-51-49-117-9)115(95)98(101,102)116-88(92(104)70(4)96(90)116)46-26-74-23-39-84(40-24-74)124-60-58-122-56-54-120-52-50-118-10/h15-46,61-64H,11-14,47-60,65-66H2,1-10H3/b35-19+,36-20+,45-25+,46-26+. The van der Waals surface area contributed by atoms with Gasteiger partial charge in [0, 0.05) is 123 Å². The summed E-state index contributed by atoms with van der Waals surface area (Å²) in [7, 11) is 11.2. The highest BCUT2D eigenvalue weighted by molar-refractivity contribution is 14.1. The Labute approximate surface area is 761 Å². The number of aryl methyl sites for hydroxylation is 3. The molecule has 14 rings (SSSR count). The number of methoxy groups -OCH3 is 2. The predicted octanol–water partition coefficient (Wildman–Crippen LogP) is 18.7. The Kier molecular flexibility index (Phi) is 31.0. The highest BCUT2D eigenvalue weighted by Gasteiger charge is 2.58. The van der Waals surface area contributed by atoms with Crippen molar-refractivity contribution in [3.05, 3.63) is 291 Å². The number of hydrogen-bond donors (Lipinski definition) is 0. The Morgan fingerprint density at radius 3 is 1.33 bits per heavy atom. The third kappa shape index (κ3) is 21.7. The monoisotopic (exact) mass is 1940 g/mol. The summed E-state index contributed by atoms with van der Waals surface area (Å²) in [4.78, 5) is 4.05. The molecule has 0 saturated heterocycles. The van der Waals surface area contributed by atoms with Gasteiger partial charge in [0.1, 0.15) is 60.8 Å². The summed E-state index contributed by atoms with van der Waals surface area (Å²) in [6.07, 6.45) is 24.0. The van der Waals surface area contributed by atoms with E-state index in [-0.39, 0.29) is 13.2 Å². The number of aromatic nitrogens is 8. The Morgan fingerprint density at radius 2 is 0.849 bits per heavy atom. The molecule has 0 spiro atoms. The van der Waals surface area contributed by atoms with Crippen LogP contribution < -0.4 is 28.7 Å². The summed E-state index contributed by atoms with van der Waals surface area (Å²) in [5.74, 6) is 2.50. The van der Waals surface area contributed by atoms with Crippen LogP contribution in [0.25, 0.3) is 47.6 Å².